The minimum atomic E-state index is -3.77. The topological polar surface area (TPSA) is 94.3 Å². The first-order valence-electron chi connectivity index (χ1n) is 4.44. The van der Waals surface area contributed by atoms with Gasteiger partial charge < -0.3 is 0 Å². The molecule has 9 heteroatoms. The molecule has 0 aliphatic heterocycles. The van der Waals surface area contributed by atoms with E-state index >= 15 is 0 Å². The fourth-order valence-electron chi connectivity index (χ4n) is 1.10. The summed E-state index contributed by atoms with van der Waals surface area (Å²) in [5.41, 5.74) is -0.367. The van der Waals surface area contributed by atoms with Crippen LogP contribution in [0.15, 0.2) is 24.3 Å². The molecule has 0 spiro atoms. The highest BCUT2D eigenvalue weighted by atomic mass is 79.9. The largest absolute Gasteiger partial charge is 0.290 e. The first-order chi connectivity index (χ1) is 8.07. The highest BCUT2D eigenvalue weighted by Crippen LogP contribution is 2.36. The number of rotatable bonds is 4. The van der Waals surface area contributed by atoms with Gasteiger partial charge in [-0.3, -0.25) is 14.9 Å². The van der Waals surface area contributed by atoms with Crippen molar-refractivity contribution in [3.05, 3.63) is 39.9 Å². The van der Waals surface area contributed by atoms with Gasteiger partial charge in [0.1, 0.15) is 0 Å². The number of sulfone groups is 1. The highest BCUT2D eigenvalue weighted by Gasteiger charge is 2.43. The Bertz CT molecular complexity index is 611. The molecule has 0 bridgehead atoms. The van der Waals surface area contributed by atoms with E-state index in [0.29, 0.717) is 0 Å². The zero-order valence-electron chi connectivity index (χ0n) is 8.96. The van der Waals surface area contributed by atoms with Crippen molar-refractivity contribution in [1.82, 2.24) is 0 Å². The predicted molar refractivity (Wildman–Crippen MR) is 72.9 cm³/mol. The van der Waals surface area contributed by atoms with Gasteiger partial charge in [-0.2, -0.15) is 0 Å². The van der Waals surface area contributed by atoms with Crippen LogP contribution in [0.25, 0.3) is 0 Å². The molecule has 1 aromatic carbocycles. The van der Waals surface area contributed by atoms with Gasteiger partial charge in [0.05, 0.1) is 4.92 Å². The van der Waals surface area contributed by atoms with Crippen LogP contribution in [0.3, 0.4) is 0 Å². The highest BCUT2D eigenvalue weighted by molar-refractivity contribution is 9.28. The van der Waals surface area contributed by atoms with Crippen molar-refractivity contribution in [3.8, 4) is 0 Å². The summed E-state index contributed by atoms with van der Waals surface area (Å²) in [6.45, 7) is 0. The number of benzene rings is 1. The van der Waals surface area contributed by atoms with E-state index in [1.165, 1.54) is 18.2 Å². The van der Waals surface area contributed by atoms with Crippen LogP contribution in [-0.4, -0.2) is 27.9 Å². The summed E-state index contributed by atoms with van der Waals surface area (Å²) in [5, 5.41) is 10.6. The molecule has 18 heavy (non-hydrogen) atoms. The minimum Gasteiger partial charge on any atom is -0.290 e. The fourth-order valence-corrected chi connectivity index (χ4v) is 2.01. The molecule has 98 valence electrons. The maximum atomic E-state index is 12.0. The first kappa shape index (κ1) is 15.3. The predicted octanol–water partition coefficient (Wildman–Crippen LogP) is 2.27. The molecule has 0 fully saturated rings. The van der Waals surface area contributed by atoms with Crippen molar-refractivity contribution in [2.24, 2.45) is 0 Å². The summed E-state index contributed by atoms with van der Waals surface area (Å²) < 4.78 is 20.9. The van der Waals surface area contributed by atoms with E-state index in [0.717, 1.165) is 12.3 Å². The monoisotopic (exact) mass is 399 g/mol. The van der Waals surface area contributed by atoms with E-state index in [9.17, 15) is 23.3 Å². The molecule has 0 saturated carbocycles. The van der Waals surface area contributed by atoms with Gasteiger partial charge in [0, 0.05) is 24.0 Å². The lowest BCUT2D eigenvalue weighted by Gasteiger charge is -2.16. The van der Waals surface area contributed by atoms with Crippen molar-refractivity contribution in [1.29, 1.82) is 0 Å². The summed E-state index contributed by atoms with van der Waals surface area (Å²) in [4.78, 5) is 21.9. The van der Waals surface area contributed by atoms with Gasteiger partial charge in [0.2, 0.25) is 8.35 Å². The summed E-state index contributed by atoms with van der Waals surface area (Å²) in [6, 6.07) is 4.84. The van der Waals surface area contributed by atoms with Crippen LogP contribution in [0.1, 0.15) is 10.4 Å². The van der Waals surface area contributed by atoms with E-state index in [1.807, 2.05) is 0 Å². The Morgan fingerprint density at radius 1 is 1.39 bits per heavy atom. The van der Waals surface area contributed by atoms with E-state index in [2.05, 4.69) is 31.9 Å². The number of non-ortho nitro benzene ring substituents is 1. The summed E-state index contributed by atoms with van der Waals surface area (Å²) in [7, 11) is -3.77. The van der Waals surface area contributed by atoms with E-state index in [4.69, 9.17) is 0 Å². The van der Waals surface area contributed by atoms with Crippen LogP contribution < -0.4 is 0 Å². The molecule has 0 radical (unpaired) electrons. The van der Waals surface area contributed by atoms with Gasteiger partial charge >= 0.3 is 0 Å². The Balaban J connectivity index is 3.28. The molecule has 1 rings (SSSR count). The number of carbonyl (C=O) groups is 1. The maximum Gasteiger partial charge on any atom is 0.270 e. The second kappa shape index (κ2) is 5.06. The van der Waals surface area contributed by atoms with E-state index in [1.54, 1.807) is 0 Å². The number of alkyl halides is 2. The lowest BCUT2D eigenvalue weighted by atomic mass is 10.1. The standard InChI is InChI=1S/C9H7Br2NO5S/c1-18(16,17)9(10,11)8(13)6-3-2-4-7(5-6)12(14)15/h2-5H,1H3. The molecule has 0 N–H and O–H groups in total. The Hall–Kier alpha value is -0.800. The number of ketones is 1. The van der Waals surface area contributed by atoms with Gasteiger partial charge in [-0.05, 0) is 31.9 Å². The second-order valence-corrected chi connectivity index (χ2v) is 10.1. The van der Waals surface area contributed by atoms with Crippen molar-refractivity contribution < 1.29 is 18.1 Å². The van der Waals surface area contributed by atoms with Crippen LogP contribution in [0.5, 0.6) is 0 Å². The van der Waals surface area contributed by atoms with Gasteiger partial charge in [-0.25, -0.2) is 8.42 Å². The van der Waals surface area contributed by atoms with Crippen LogP contribution in [0.4, 0.5) is 5.69 Å². The van der Waals surface area contributed by atoms with Crippen LogP contribution >= 0.6 is 31.9 Å². The number of halogens is 2. The number of Topliss-reactive ketones (excluding diaryl/α,β-unsaturated/α-hetero) is 1. The summed E-state index contributed by atoms with van der Waals surface area (Å²) >= 11 is 5.55. The van der Waals surface area contributed by atoms with Crippen molar-refractivity contribution >= 4 is 53.2 Å². The molecule has 0 saturated heterocycles. The number of nitrogens with zero attached hydrogens (tertiary/aromatic N) is 1. The van der Waals surface area contributed by atoms with Gasteiger partial charge in [-0.15, -0.1) is 0 Å². The van der Waals surface area contributed by atoms with Gasteiger partial charge in [-0.1, -0.05) is 12.1 Å². The fraction of sp³-hybridized carbons (Fsp3) is 0.222. The smallest absolute Gasteiger partial charge is 0.270 e. The SMILES string of the molecule is CS(=O)(=O)C(Br)(Br)C(=O)c1cccc([N+](=O)[O-])c1. The molecular formula is C9H7Br2NO5S. The molecule has 1 aromatic rings. The zero-order chi connectivity index (χ0) is 14.1. The Kier molecular flexibility index (Phi) is 4.29. The molecule has 0 unspecified atom stereocenters. The van der Waals surface area contributed by atoms with E-state index in [-0.39, 0.29) is 11.3 Å². The molecule has 0 aromatic heterocycles. The third-order valence-electron chi connectivity index (χ3n) is 2.05. The molecule has 0 amide bonds. The van der Waals surface area contributed by atoms with Gasteiger partial charge in [0.15, 0.2) is 9.84 Å². The average Bonchev–Trinajstić information content (AvgIpc) is 2.26. The molecular weight excluding hydrogens is 394 g/mol. The van der Waals surface area contributed by atoms with Crippen LogP contribution in [-0.2, 0) is 9.84 Å². The summed E-state index contributed by atoms with van der Waals surface area (Å²) in [5.74, 6) is -0.825. The Morgan fingerprint density at radius 3 is 2.39 bits per heavy atom. The second-order valence-electron chi connectivity index (χ2n) is 3.43. The Morgan fingerprint density at radius 2 is 1.94 bits per heavy atom. The third-order valence-corrected chi connectivity index (χ3v) is 7.41. The number of nitro groups is 1. The Labute approximate surface area is 120 Å². The lowest BCUT2D eigenvalue weighted by molar-refractivity contribution is -0.384. The molecule has 0 aliphatic rings. The third kappa shape index (κ3) is 2.96. The van der Waals surface area contributed by atoms with Crippen molar-refractivity contribution in [2.45, 2.75) is 2.57 Å². The molecule has 0 atom stereocenters. The molecule has 6 nitrogen and oxygen atoms in total. The van der Waals surface area contributed by atoms with E-state index < -0.39 is 23.1 Å². The number of carbonyl (C=O) groups excluding carboxylic acids is 1. The lowest BCUT2D eigenvalue weighted by Crippen LogP contribution is -2.33. The summed E-state index contributed by atoms with van der Waals surface area (Å²) in [6.07, 6.45) is 0.867. The average molecular weight is 401 g/mol. The normalized spacial score (nSPS) is 12.2. The number of hydrogen-bond donors (Lipinski definition) is 0. The number of hydrogen-bond acceptors (Lipinski definition) is 5. The molecule has 0 aliphatic carbocycles. The van der Waals surface area contributed by atoms with Crippen molar-refractivity contribution in [2.75, 3.05) is 6.26 Å². The zero-order valence-corrected chi connectivity index (χ0v) is 13.0. The number of nitro benzene ring substituents is 1. The maximum absolute atomic E-state index is 12.0. The molecule has 0 heterocycles. The quantitative estimate of drug-likeness (QED) is 0.334. The van der Waals surface area contributed by atoms with Crippen LogP contribution in [0, 0.1) is 10.1 Å². The van der Waals surface area contributed by atoms with Crippen molar-refractivity contribution in [3.63, 3.8) is 0 Å². The first-order valence-corrected chi connectivity index (χ1v) is 7.92. The minimum absolute atomic E-state index is 0.0802. The van der Waals surface area contributed by atoms with Gasteiger partial charge in [0.25, 0.3) is 5.69 Å². The van der Waals surface area contributed by atoms with Crippen LogP contribution in [0.2, 0.25) is 0 Å².